The molecule has 0 saturated carbocycles. The van der Waals surface area contributed by atoms with Gasteiger partial charge in [0.25, 0.3) is 0 Å². The van der Waals surface area contributed by atoms with Crippen LogP contribution in [0, 0.1) is 5.92 Å². The highest BCUT2D eigenvalue weighted by Gasteiger charge is 2.21. The third-order valence-electron chi connectivity index (χ3n) is 2.72. The second-order valence-corrected chi connectivity index (χ2v) is 5.01. The van der Waals surface area contributed by atoms with E-state index in [1.165, 1.54) is 16.7 Å². The van der Waals surface area contributed by atoms with Gasteiger partial charge in [0, 0.05) is 12.0 Å². The number of nitrogens with zero attached hydrogens (tertiary/aromatic N) is 1. The van der Waals surface area contributed by atoms with Crippen LogP contribution >= 0.6 is 11.3 Å². The molecule has 2 N–H and O–H groups in total. The molecule has 1 saturated heterocycles. The molecule has 1 aliphatic heterocycles. The lowest BCUT2D eigenvalue weighted by atomic mass is 10.0. The third-order valence-corrected chi connectivity index (χ3v) is 3.56. The molecule has 1 atom stereocenters. The summed E-state index contributed by atoms with van der Waals surface area (Å²) in [6, 6.07) is 0. The van der Waals surface area contributed by atoms with Gasteiger partial charge in [0.15, 0.2) is 5.69 Å². The van der Waals surface area contributed by atoms with E-state index in [0.29, 0.717) is 11.6 Å². The first kappa shape index (κ1) is 13.0. The quantitative estimate of drug-likeness (QED) is 0.848. The van der Waals surface area contributed by atoms with E-state index in [-0.39, 0.29) is 24.1 Å². The summed E-state index contributed by atoms with van der Waals surface area (Å²) in [5.41, 5.74) is 0.0187. The fourth-order valence-electron chi connectivity index (χ4n) is 1.74. The zero-order valence-electron chi connectivity index (χ0n) is 9.72. The highest BCUT2D eigenvalue weighted by molar-refractivity contribution is 7.09. The highest BCUT2D eigenvalue weighted by atomic mass is 32.1. The molecule has 2 rings (SSSR count). The second-order valence-electron chi connectivity index (χ2n) is 4.06. The predicted octanol–water partition coefficient (Wildman–Crippen LogP) is 0.884. The normalized spacial score (nSPS) is 19.4. The molecule has 0 spiro atoms. The average molecular weight is 270 g/mol. The minimum atomic E-state index is -1.05. The number of carbonyl (C=O) groups excluding carboxylic acids is 1. The second kappa shape index (κ2) is 5.92. The summed E-state index contributed by atoms with van der Waals surface area (Å²) >= 11 is 1.23. The SMILES string of the molecule is O=C(O)c1csc(CNC(=O)[C@H]2CCCOC2)n1. The number of hydrogen-bond acceptors (Lipinski definition) is 5. The summed E-state index contributed by atoms with van der Waals surface area (Å²) in [6.45, 7) is 1.45. The number of thiazole rings is 1. The molecule has 0 unspecified atom stereocenters. The third kappa shape index (κ3) is 3.27. The number of aromatic carboxylic acids is 1. The molecule has 6 nitrogen and oxygen atoms in total. The smallest absolute Gasteiger partial charge is 0.355 e. The summed E-state index contributed by atoms with van der Waals surface area (Å²) in [7, 11) is 0. The molecule has 1 aromatic heterocycles. The van der Waals surface area contributed by atoms with Gasteiger partial charge in [0.05, 0.1) is 19.1 Å². The number of rotatable bonds is 4. The standard InChI is InChI=1S/C11H14N2O4S/c14-10(7-2-1-3-17-5-7)12-4-9-13-8(6-18-9)11(15)16/h6-7H,1-5H2,(H,12,14)(H,15,16)/t7-/m0/s1. The van der Waals surface area contributed by atoms with Crippen molar-refractivity contribution >= 4 is 23.2 Å². The summed E-state index contributed by atoms with van der Waals surface area (Å²) < 4.78 is 5.24. The van der Waals surface area contributed by atoms with E-state index in [4.69, 9.17) is 9.84 Å². The Morgan fingerprint density at radius 2 is 2.44 bits per heavy atom. The first-order valence-corrected chi connectivity index (χ1v) is 6.58. The minimum absolute atomic E-state index is 0.0187. The van der Waals surface area contributed by atoms with E-state index < -0.39 is 5.97 Å². The van der Waals surface area contributed by atoms with Crippen LogP contribution in [0.15, 0.2) is 5.38 Å². The van der Waals surface area contributed by atoms with Crippen molar-refractivity contribution in [3.8, 4) is 0 Å². The first-order chi connectivity index (χ1) is 8.66. The molecule has 1 amide bonds. The number of hydrogen-bond donors (Lipinski definition) is 2. The van der Waals surface area contributed by atoms with E-state index in [1.807, 2.05) is 0 Å². The number of carbonyl (C=O) groups is 2. The fraction of sp³-hybridized carbons (Fsp3) is 0.545. The molecule has 0 aliphatic carbocycles. The Morgan fingerprint density at radius 3 is 3.06 bits per heavy atom. The van der Waals surface area contributed by atoms with Gasteiger partial charge < -0.3 is 15.2 Å². The molecular formula is C11H14N2O4S. The Labute approximate surface area is 108 Å². The lowest BCUT2D eigenvalue weighted by molar-refractivity contribution is -0.129. The average Bonchev–Trinajstić information content (AvgIpc) is 2.86. The zero-order valence-corrected chi connectivity index (χ0v) is 10.5. The van der Waals surface area contributed by atoms with Gasteiger partial charge in [0.1, 0.15) is 5.01 Å². The maximum Gasteiger partial charge on any atom is 0.355 e. The number of aromatic nitrogens is 1. The van der Waals surface area contributed by atoms with Crippen LogP contribution in [0.4, 0.5) is 0 Å². The number of amides is 1. The van der Waals surface area contributed by atoms with E-state index in [9.17, 15) is 9.59 Å². The Hall–Kier alpha value is -1.47. The summed E-state index contributed by atoms with van der Waals surface area (Å²) in [6.07, 6.45) is 1.74. The number of ether oxygens (including phenoxy) is 1. The zero-order chi connectivity index (χ0) is 13.0. The van der Waals surface area contributed by atoms with Gasteiger partial charge in [-0.1, -0.05) is 0 Å². The van der Waals surface area contributed by atoms with Gasteiger partial charge in [0.2, 0.25) is 5.91 Å². The molecule has 18 heavy (non-hydrogen) atoms. The van der Waals surface area contributed by atoms with Gasteiger partial charge in [-0.2, -0.15) is 0 Å². The molecular weight excluding hydrogens is 256 g/mol. The van der Waals surface area contributed by atoms with E-state index in [1.54, 1.807) is 0 Å². The van der Waals surface area contributed by atoms with Crippen LogP contribution in [-0.4, -0.2) is 35.2 Å². The monoisotopic (exact) mass is 270 g/mol. The topological polar surface area (TPSA) is 88.5 Å². The van der Waals surface area contributed by atoms with Gasteiger partial charge in [-0.25, -0.2) is 9.78 Å². The van der Waals surface area contributed by atoms with Crippen LogP contribution in [0.3, 0.4) is 0 Å². The lowest BCUT2D eigenvalue weighted by Gasteiger charge is -2.20. The number of carboxylic acids is 1. The Morgan fingerprint density at radius 1 is 1.61 bits per heavy atom. The maximum absolute atomic E-state index is 11.8. The van der Waals surface area contributed by atoms with Gasteiger partial charge in [-0.3, -0.25) is 4.79 Å². The van der Waals surface area contributed by atoms with Crippen molar-refractivity contribution in [2.75, 3.05) is 13.2 Å². The molecule has 98 valence electrons. The molecule has 1 fully saturated rings. The van der Waals surface area contributed by atoms with Crippen molar-refractivity contribution in [3.63, 3.8) is 0 Å². The van der Waals surface area contributed by atoms with Crippen LogP contribution in [-0.2, 0) is 16.1 Å². The van der Waals surface area contributed by atoms with Gasteiger partial charge in [-0.05, 0) is 12.8 Å². The van der Waals surface area contributed by atoms with Crippen LogP contribution in [0.1, 0.15) is 28.3 Å². The van der Waals surface area contributed by atoms with Crippen LogP contribution in [0.5, 0.6) is 0 Å². The van der Waals surface area contributed by atoms with Crippen molar-refractivity contribution in [1.82, 2.24) is 10.3 Å². The van der Waals surface area contributed by atoms with Gasteiger partial charge >= 0.3 is 5.97 Å². The molecule has 1 aliphatic rings. The van der Waals surface area contributed by atoms with E-state index >= 15 is 0 Å². The Bertz CT molecular complexity index is 440. The molecule has 1 aromatic rings. The first-order valence-electron chi connectivity index (χ1n) is 5.70. The molecule has 2 heterocycles. The molecule has 0 bridgehead atoms. The molecule has 0 radical (unpaired) electrons. The predicted molar refractivity (Wildman–Crippen MR) is 64.5 cm³/mol. The lowest BCUT2D eigenvalue weighted by Crippen LogP contribution is -2.35. The van der Waals surface area contributed by atoms with Crippen LogP contribution in [0.2, 0.25) is 0 Å². The minimum Gasteiger partial charge on any atom is -0.476 e. The summed E-state index contributed by atoms with van der Waals surface area (Å²) in [4.78, 5) is 26.3. The van der Waals surface area contributed by atoms with Crippen molar-refractivity contribution in [3.05, 3.63) is 16.1 Å². The maximum atomic E-state index is 11.8. The summed E-state index contributed by atoms with van der Waals surface area (Å²) in [5.74, 6) is -1.20. The molecule has 0 aromatic carbocycles. The number of carboxylic acid groups (broad SMARTS) is 1. The Balaban J connectivity index is 1.82. The van der Waals surface area contributed by atoms with Crippen molar-refractivity contribution in [1.29, 1.82) is 0 Å². The largest absolute Gasteiger partial charge is 0.476 e. The van der Waals surface area contributed by atoms with Crippen molar-refractivity contribution in [2.24, 2.45) is 5.92 Å². The van der Waals surface area contributed by atoms with Crippen molar-refractivity contribution < 1.29 is 19.4 Å². The number of nitrogens with one attached hydrogen (secondary N) is 1. The van der Waals surface area contributed by atoms with E-state index in [2.05, 4.69) is 10.3 Å². The highest BCUT2D eigenvalue weighted by Crippen LogP contribution is 2.14. The molecule has 7 heteroatoms. The summed E-state index contributed by atoms with van der Waals surface area (Å²) in [5, 5.41) is 13.5. The Kier molecular flexibility index (Phi) is 4.27. The van der Waals surface area contributed by atoms with Gasteiger partial charge in [-0.15, -0.1) is 11.3 Å². The van der Waals surface area contributed by atoms with Crippen LogP contribution in [0.25, 0.3) is 0 Å². The van der Waals surface area contributed by atoms with E-state index in [0.717, 1.165) is 19.4 Å². The fourth-order valence-corrected chi connectivity index (χ4v) is 2.45. The van der Waals surface area contributed by atoms with Crippen molar-refractivity contribution in [2.45, 2.75) is 19.4 Å². The van der Waals surface area contributed by atoms with Crippen LogP contribution < -0.4 is 5.32 Å².